The Labute approximate surface area is 135 Å². The summed E-state index contributed by atoms with van der Waals surface area (Å²) in [5, 5.41) is 4.18. The predicted octanol–water partition coefficient (Wildman–Crippen LogP) is 3.35. The van der Waals surface area contributed by atoms with Gasteiger partial charge in [-0.2, -0.15) is 0 Å². The van der Waals surface area contributed by atoms with Crippen LogP contribution in [0.25, 0.3) is 10.9 Å². The number of nitrogens with zero attached hydrogens (tertiary/aromatic N) is 1. The number of halogens is 1. The Bertz CT molecular complexity index is 740. The summed E-state index contributed by atoms with van der Waals surface area (Å²) < 4.78 is 0. The van der Waals surface area contributed by atoms with Gasteiger partial charge in [0.15, 0.2) is 0 Å². The lowest BCUT2D eigenvalue weighted by Gasteiger charge is -2.04. The maximum Gasteiger partial charge on any atom is 0.252 e. The van der Waals surface area contributed by atoms with Crippen LogP contribution in [0.4, 0.5) is 0 Å². The van der Waals surface area contributed by atoms with E-state index >= 15 is 0 Å². The van der Waals surface area contributed by atoms with E-state index in [1.165, 1.54) is 10.9 Å². The normalized spacial score (nSPS) is 10.2. The van der Waals surface area contributed by atoms with Crippen molar-refractivity contribution in [2.45, 2.75) is 12.8 Å². The second-order valence-electron chi connectivity index (χ2n) is 4.96. The summed E-state index contributed by atoms with van der Waals surface area (Å²) in [4.78, 5) is 19.1. The zero-order chi connectivity index (χ0) is 14.5. The first-order valence-corrected chi connectivity index (χ1v) is 7.08. The molecule has 2 aromatic heterocycles. The number of H-pyrrole nitrogens is 1. The second-order valence-corrected chi connectivity index (χ2v) is 4.96. The van der Waals surface area contributed by atoms with E-state index in [9.17, 15) is 4.79 Å². The summed E-state index contributed by atoms with van der Waals surface area (Å²) >= 11 is 0. The smallest absolute Gasteiger partial charge is 0.252 e. The molecule has 0 unspecified atom stereocenters. The van der Waals surface area contributed by atoms with E-state index in [0.717, 1.165) is 18.4 Å². The van der Waals surface area contributed by atoms with Gasteiger partial charge >= 0.3 is 0 Å². The topological polar surface area (TPSA) is 57.8 Å². The molecule has 1 amide bonds. The lowest BCUT2D eigenvalue weighted by atomic mass is 10.1. The van der Waals surface area contributed by atoms with Gasteiger partial charge in [-0.25, -0.2) is 0 Å². The van der Waals surface area contributed by atoms with Crippen molar-refractivity contribution in [1.29, 1.82) is 0 Å². The van der Waals surface area contributed by atoms with Crippen molar-refractivity contribution in [2.75, 3.05) is 6.54 Å². The molecule has 0 aliphatic heterocycles. The molecule has 114 valence electrons. The van der Waals surface area contributed by atoms with E-state index in [1.54, 1.807) is 24.5 Å². The van der Waals surface area contributed by atoms with Crippen LogP contribution in [0.2, 0.25) is 0 Å². The van der Waals surface area contributed by atoms with Crippen molar-refractivity contribution in [3.8, 4) is 0 Å². The molecular weight excluding hydrogens is 298 g/mol. The largest absolute Gasteiger partial charge is 0.361 e. The van der Waals surface area contributed by atoms with Crippen LogP contribution in [0.5, 0.6) is 0 Å². The Kier molecular flexibility index (Phi) is 5.55. The predicted molar refractivity (Wildman–Crippen MR) is 90.4 cm³/mol. The number of pyridine rings is 1. The molecule has 0 saturated carbocycles. The van der Waals surface area contributed by atoms with E-state index in [4.69, 9.17) is 0 Å². The zero-order valence-corrected chi connectivity index (χ0v) is 12.9. The summed E-state index contributed by atoms with van der Waals surface area (Å²) in [7, 11) is 0. The molecule has 3 rings (SSSR count). The molecule has 0 aliphatic carbocycles. The highest BCUT2D eigenvalue weighted by Gasteiger charge is 2.05. The fourth-order valence-corrected chi connectivity index (χ4v) is 2.42. The number of aromatic amines is 1. The van der Waals surface area contributed by atoms with Crippen molar-refractivity contribution in [1.82, 2.24) is 15.3 Å². The van der Waals surface area contributed by atoms with Crippen molar-refractivity contribution in [2.24, 2.45) is 0 Å². The molecule has 0 spiro atoms. The zero-order valence-electron chi connectivity index (χ0n) is 12.1. The minimum absolute atomic E-state index is 0. The van der Waals surface area contributed by atoms with E-state index in [1.807, 2.05) is 18.3 Å². The van der Waals surface area contributed by atoms with Crippen molar-refractivity contribution >= 4 is 29.2 Å². The monoisotopic (exact) mass is 315 g/mol. The molecule has 0 radical (unpaired) electrons. The standard InChI is InChI=1S/C17H17N3O.ClH/c21-17(14-6-3-9-18-11-14)19-10-4-5-13-12-20-16-8-2-1-7-15(13)16;/h1-3,6-9,11-12,20H,4-5,10H2,(H,19,21);1H. The van der Waals surface area contributed by atoms with Gasteiger partial charge in [0, 0.05) is 36.0 Å². The molecule has 2 N–H and O–H groups in total. The van der Waals surface area contributed by atoms with Crippen LogP contribution in [0, 0.1) is 0 Å². The van der Waals surface area contributed by atoms with Gasteiger partial charge in [0.1, 0.15) is 0 Å². The second kappa shape index (κ2) is 7.61. The number of rotatable bonds is 5. The maximum absolute atomic E-state index is 11.9. The molecule has 0 aliphatic rings. The summed E-state index contributed by atoms with van der Waals surface area (Å²) in [5.74, 6) is -0.0676. The van der Waals surface area contributed by atoms with E-state index in [0.29, 0.717) is 12.1 Å². The molecule has 2 heterocycles. The van der Waals surface area contributed by atoms with Gasteiger partial charge in [-0.05, 0) is 36.6 Å². The molecule has 0 saturated heterocycles. The van der Waals surface area contributed by atoms with Crippen LogP contribution >= 0.6 is 12.4 Å². The van der Waals surface area contributed by atoms with Crippen molar-refractivity contribution in [3.05, 3.63) is 66.1 Å². The van der Waals surface area contributed by atoms with E-state index < -0.39 is 0 Å². The third-order valence-electron chi connectivity index (χ3n) is 3.51. The fraction of sp³-hybridized carbons (Fsp3) is 0.176. The summed E-state index contributed by atoms with van der Waals surface area (Å²) in [6, 6.07) is 11.8. The highest BCUT2D eigenvalue weighted by Crippen LogP contribution is 2.18. The van der Waals surface area contributed by atoms with Crippen LogP contribution in [0.15, 0.2) is 55.0 Å². The number of aryl methyl sites for hydroxylation is 1. The van der Waals surface area contributed by atoms with Gasteiger partial charge in [-0.15, -0.1) is 12.4 Å². The number of carbonyl (C=O) groups excluding carboxylic acids is 1. The number of benzene rings is 1. The first kappa shape index (κ1) is 16.0. The summed E-state index contributed by atoms with van der Waals surface area (Å²) in [6.07, 6.45) is 7.14. The van der Waals surface area contributed by atoms with Crippen LogP contribution in [0.3, 0.4) is 0 Å². The Morgan fingerprint density at radius 2 is 2.05 bits per heavy atom. The summed E-state index contributed by atoms with van der Waals surface area (Å²) in [5.41, 5.74) is 3.05. The number of aromatic nitrogens is 2. The molecule has 0 fully saturated rings. The molecule has 4 nitrogen and oxygen atoms in total. The molecular formula is C17H18ClN3O. The number of fused-ring (bicyclic) bond motifs is 1. The highest BCUT2D eigenvalue weighted by molar-refractivity contribution is 5.93. The molecule has 22 heavy (non-hydrogen) atoms. The number of hydrogen-bond donors (Lipinski definition) is 2. The number of hydrogen-bond acceptors (Lipinski definition) is 2. The van der Waals surface area contributed by atoms with Crippen LogP contribution in [-0.4, -0.2) is 22.4 Å². The number of amides is 1. The number of para-hydroxylation sites is 1. The Balaban J connectivity index is 0.00000176. The third kappa shape index (κ3) is 3.65. The van der Waals surface area contributed by atoms with Crippen LogP contribution in [-0.2, 0) is 6.42 Å². The average Bonchev–Trinajstić information content (AvgIpc) is 2.95. The van der Waals surface area contributed by atoms with Crippen LogP contribution in [0.1, 0.15) is 22.3 Å². The minimum Gasteiger partial charge on any atom is -0.361 e. The van der Waals surface area contributed by atoms with Gasteiger partial charge in [0.05, 0.1) is 5.56 Å². The Hall–Kier alpha value is -2.33. The van der Waals surface area contributed by atoms with Gasteiger partial charge in [-0.1, -0.05) is 18.2 Å². The SMILES string of the molecule is Cl.O=C(NCCCc1c[nH]c2ccccc12)c1cccnc1. The van der Waals surface area contributed by atoms with Crippen molar-refractivity contribution < 1.29 is 4.79 Å². The first-order chi connectivity index (χ1) is 10.3. The average molecular weight is 316 g/mol. The minimum atomic E-state index is -0.0676. The van der Waals surface area contributed by atoms with E-state index in [-0.39, 0.29) is 18.3 Å². The highest BCUT2D eigenvalue weighted by atomic mass is 35.5. The van der Waals surface area contributed by atoms with Crippen LogP contribution < -0.4 is 5.32 Å². The van der Waals surface area contributed by atoms with Gasteiger partial charge in [-0.3, -0.25) is 9.78 Å². The number of carbonyl (C=O) groups is 1. The lowest BCUT2D eigenvalue weighted by molar-refractivity contribution is 0.0953. The van der Waals surface area contributed by atoms with Gasteiger partial charge in [0.25, 0.3) is 5.91 Å². The Morgan fingerprint density at radius 1 is 1.18 bits per heavy atom. The first-order valence-electron chi connectivity index (χ1n) is 7.08. The van der Waals surface area contributed by atoms with E-state index in [2.05, 4.69) is 27.4 Å². The lowest BCUT2D eigenvalue weighted by Crippen LogP contribution is -2.24. The summed E-state index contributed by atoms with van der Waals surface area (Å²) in [6.45, 7) is 0.660. The fourth-order valence-electron chi connectivity index (χ4n) is 2.42. The Morgan fingerprint density at radius 3 is 2.86 bits per heavy atom. The molecule has 3 aromatic rings. The van der Waals surface area contributed by atoms with Crippen molar-refractivity contribution in [3.63, 3.8) is 0 Å². The number of nitrogens with one attached hydrogen (secondary N) is 2. The molecule has 0 bridgehead atoms. The third-order valence-corrected chi connectivity index (χ3v) is 3.51. The maximum atomic E-state index is 11.9. The van der Waals surface area contributed by atoms with Gasteiger partial charge < -0.3 is 10.3 Å². The van der Waals surface area contributed by atoms with Gasteiger partial charge in [0.2, 0.25) is 0 Å². The molecule has 1 aromatic carbocycles. The quantitative estimate of drug-likeness (QED) is 0.709. The molecule has 5 heteroatoms. The molecule has 0 atom stereocenters.